The van der Waals surface area contributed by atoms with E-state index in [-0.39, 0.29) is 12.5 Å². The molecule has 0 radical (unpaired) electrons. The maximum atomic E-state index is 11.4. The average Bonchev–Trinajstić information content (AvgIpc) is 2.56. The number of unbranched alkanes of at least 4 members (excludes halogenated alkanes) is 1. The molecule has 0 fully saturated rings. The molecule has 3 rings (SSSR count). The number of aliphatic hydroxyl groups is 1. The minimum Gasteiger partial charge on any atom is -0.485 e. The molecule has 2 atom stereocenters. The molecule has 0 amide bonds. The minimum absolute atomic E-state index is 0.0359. The number of nitrogens with zero attached hydrogens (tertiary/aromatic N) is 1. The molecule has 1 aromatic carbocycles. The van der Waals surface area contributed by atoms with Gasteiger partial charge in [0.2, 0.25) is 0 Å². The number of hydrogen-bond donors (Lipinski definition) is 1. The Morgan fingerprint density at radius 1 is 1.38 bits per heavy atom. The molecule has 1 N–H and O–H groups in total. The van der Waals surface area contributed by atoms with Crippen molar-refractivity contribution >= 4 is 0 Å². The van der Waals surface area contributed by atoms with Crippen molar-refractivity contribution in [2.45, 2.75) is 70.0 Å². The first-order valence-corrected chi connectivity index (χ1v) is 9.20. The number of fused-ring (bicyclic) bond motifs is 3. The van der Waals surface area contributed by atoms with E-state index in [2.05, 4.69) is 36.0 Å². The van der Waals surface area contributed by atoms with Crippen LogP contribution < -0.4 is 4.74 Å². The molecular weight excluding hydrogens is 334 g/mol. The predicted octanol–water partition coefficient (Wildman–Crippen LogP) is 3.94. The van der Waals surface area contributed by atoms with Crippen LogP contribution in [-0.2, 0) is 11.3 Å². The maximum Gasteiger partial charge on any atom is 0.294 e. The van der Waals surface area contributed by atoms with E-state index in [1.807, 2.05) is 13.8 Å². The highest BCUT2D eigenvalue weighted by Gasteiger charge is 2.55. The van der Waals surface area contributed by atoms with Crippen molar-refractivity contribution < 1.29 is 19.8 Å². The van der Waals surface area contributed by atoms with Gasteiger partial charge in [-0.2, -0.15) is 0 Å². The van der Waals surface area contributed by atoms with Gasteiger partial charge in [-0.15, -0.1) is 10.1 Å². The Morgan fingerprint density at radius 2 is 2.15 bits per heavy atom. The fourth-order valence-corrected chi connectivity index (χ4v) is 4.12. The summed E-state index contributed by atoms with van der Waals surface area (Å²) in [4.78, 5) is 14.5. The molecule has 1 aromatic rings. The first kappa shape index (κ1) is 18.7. The molecule has 0 saturated heterocycles. The second-order valence-corrected chi connectivity index (χ2v) is 7.93. The summed E-state index contributed by atoms with van der Waals surface area (Å²) in [6.07, 6.45) is 5.82. The van der Waals surface area contributed by atoms with Gasteiger partial charge in [-0.1, -0.05) is 23.8 Å². The number of allylic oxidation sites excluding steroid dienone is 1. The van der Waals surface area contributed by atoms with Gasteiger partial charge in [0.1, 0.15) is 17.0 Å². The van der Waals surface area contributed by atoms with E-state index < -0.39 is 16.3 Å². The zero-order valence-electron chi connectivity index (χ0n) is 15.7. The smallest absolute Gasteiger partial charge is 0.294 e. The van der Waals surface area contributed by atoms with Gasteiger partial charge in [-0.25, -0.2) is 0 Å². The van der Waals surface area contributed by atoms with E-state index in [1.54, 1.807) is 0 Å². The lowest BCUT2D eigenvalue weighted by atomic mass is 9.63. The molecule has 0 bridgehead atoms. The van der Waals surface area contributed by atoms with Gasteiger partial charge in [-0.05, 0) is 64.5 Å². The lowest BCUT2D eigenvalue weighted by molar-refractivity contribution is -0.757. The third-order valence-corrected chi connectivity index (χ3v) is 5.78. The van der Waals surface area contributed by atoms with E-state index in [9.17, 15) is 15.2 Å². The summed E-state index contributed by atoms with van der Waals surface area (Å²) in [5, 5.41) is 20.8. The Balaban J connectivity index is 1.76. The van der Waals surface area contributed by atoms with E-state index in [0.29, 0.717) is 12.8 Å². The largest absolute Gasteiger partial charge is 0.485 e. The van der Waals surface area contributed by atoms with Crippen LogP contribution in [0.1, 0.15) is 63.5 Å². The summed E-state index contributed by atoms with van der Waals surface area (Å²) < 4.78 is 6.23. The van der Waals surface area contributed by atoms with Crippen molar-refractivity contribution in [1.29, 1.82) is 0 Å². The second-order valence-electron chi connectivity index (χ2n) is 7.93. The summed E-state index contributed by atoms with van der Waals surface area (Å²) >= 11 is 0. The van der Waals surface area contributed by atoms with Crippen molar-refractivity contribution in [2.75, 3.05) is 6.61 Å². The zero-order valence-corrected chi connectivity index (χ0v) is 15.7. The van der Waals surface area contributed by atoms with Crippen LogP contribution in [0.5, 0.6) is 5.75 Å². The highest BCUT2D eigenvalue weighted by molar-refractivity contribution is 5.47. The van der Waals surface area contributed by atoms with Gasteiger partial charge in [0.15, 0.2) is 0 Å². The maximum absolute atomic E-state index is 11.4. The standard InChI is InChI=1S/C20H27NO5/c1-14-9-10-20(22)17(12-14)16-8-7-15(6-4-5-11-25-21(23)24)13-18(16)26-19(20,2)3/h7-9,13,17,22H,4-6,10-12H2,1-3H3/t17-,20-/m1/s1. The number of rotatable bonds is 6. The number of ether oxygens (including phenoxy) is 1. The predicted molar refractivity (Wildman–Crippen MR) is 97.7 cm³/mol. The Labute approximate surface area is 153 Å². The molecule has 6 nitrogen and oxygen atoms in total. The van der Waals surface area contributed by atoms with Crippen molar-refractivity contribution in [3.63, 3.8) is 0 Å². The van der Waals surface area contributed by atoms with Crippen LogP contribution >= 0.6 is 0 Å². The molecule has 0 aromatic heterocycles. The lowest BCUT2D eigenvalue weighted by Crippen LogP contribution is -2.60. The topological polar surface area (TPSA) is 81.8 Å². The molecule has 1 heterocycles. The monoisotopic (exact) mass is 361 g/mol. The first-order chi connectivity index (χ1) is 12.2. The van der Waals surface area contributed by atoms with Crippen LogP contribution in [0, 0.1) is 10.1 Å². The second kappa shape index (κ2) is 6.91. The van der Waals surface area contributed by atoms with Crippen LogP contribution in [0.2, 0.25) is 0 Å². The van der Waals surface area contributed by atoms with Gasteiger partial charge in [0.25, 0.3) is 5.09 Å². The lowest BCUT2D eigenvalue weighted by Gasteiger charge is -2.53. The number of benzene rings is 1. The first-order valence-electron chi connectivity index (χ1n) is 9.20. The highest BCUT2D eigenvalue weighted by atomic mass is 16.9. The van der Waals surface area contributed by atoms with Crippen LogP contribution in [0.15, 0.2) is 29.8 Å². The van der Waals surface area contributed by atoms with Gasteiger partial charge in [0.05, 0.1) is 6.61 Å². The van der Waals surface area contributed by atoms with Crippen molar-refractivity contribution in [3.8, 4) is 5.75 Å². The Bertz CT molecular complexity index is 727. The molecule has 26 heavy (non-hydrogen) atoms. The summed E-state index contributed by atoms with van der Waals surface area (Å²) in [7, 11) is 0. The quantitative estimate of drug-likeness (QED) is 0.359. The van der Waals surface area contributed by atoms with Gasteiger partial charge in [0, 0.05) is 11.5 Å². The van der Waals surface area contributed by atoms with E-state index in [1.165, 1.54) is 5.57 Å². The number of aryl methyl sites for hydroxylation is 1. The van der Waals surface area contributed by atoms with Crippen molar-refractivity contribution in [1.82, 2.24) is 0 Å². The van der Waals surface area contributed by atoms with Crippen LogP contribution in [0.4, 0.5) is 0 Å². The van der Waals surface area contributed by atoms with Crippen LogP contribution in [0.25, 0.3) is 0 Å². The average molecular weight is 361 g/mol. The molecule has 0 spiro atoms. The Morgan fingerprint density at radius 3 is 2.88 bits per heavy atom. The minimum atomic E-state index is -0.902. The molecule has 142 valence electrons. The highest BCUT2D eigenvalue weighted by Crippen LogP contribution is 2.53. The fraction of sp³-hybridized carbons (Fsp3) is 0.600. The molecule has 1 aliphatic carbocycles. The normalized spacial score (nSPS) is 26.2. The summed E-state index contributed by atoms with van der Waals surface area (Å²) in [6.45, 7) is 6.16. The summed E-state index contributed by atoms with van der Waals surface area (Å²) in [5.74, 6) is 0.882. The van der Waals surface area contributed by atoms with Crippen molar-refractivity contribution in [3.05, 3.63) is 51.1 Å². The summed E-state index contributed by atoms with van der Waals surface area (Å²) in [5.41, 5.74) is 1.94. The summed E-state index contributed by atoms with van der Waals surface area (Å²) in [6, 6.07) is 6.20. The third-order valence-electron chi connectivity index (χ3n) is 5.78. The van der Waals surface area contributed by atoms with Gasteiger partial charge >= 0.3 is 0 Å². The van der Waals surface area contributed by atoms with E-state index in [4.69, 9.17) is 4.74 Å². The van der Waals surface area contributed by atoms with Crippen LogP contribution in [-0.4, -0.2) is 28.0 Å². The van der Waals surface area contributed by atoms with Crippen molar-refractivity contribution in [2.24, 2.45) is 0 Å². The SMILES string of the molecule is CC1=CC[C@@]2(O)[C@H](C1)c1ccc(CCCCO[N+](=O)[O-])cc1OC2(C)C. The zero-order chi connectivity index (χ0) is 18.9. The molecule has 0 saturated carbocycles. The number of hydrogen-bond acceptors (Lipinski definition) is 5. The molecular formula is C20H27NO5. The molecule has 0 unspecified atom stereocenters. The Hall–Kier alpha value is -2.08. The molecule has 6 heteroatoms. The van der Waals surface area contributed by atoms with E-state index >= 15 is 0 Å². The Kier molecular flexibility index (Phi) is 4.97. The van der Waals surface area contributed by atoms with Gasteiger partial charge < -0.3 is 14.7 Å². The van der Waals surface area contributed by atoms with Crippen LogP contribution in [0.3, 0.4) is 0 Å². The van der Waals surface area contributed by atoms with E-state index in [0.717, 1.165) is 36.1 Å². The fourth-order valence-electron chi connectivity index (χ4n) is 4.12. The molecule has 1 aliphatic heterocycles. The molecule has 2 aliphatic rings. The van der Waals surface area contributed by atoms with Gasteiger partial charge in [-0.3, -0.25) is 0 Å². The third kappa shape index (κ3) is 3.43.